The van der Waals surface area contributed by atoms with Crippen LogP contribution in [0, 0.1) is 5.92 Å². The van der Waals surface area contributed by atoms with Crippen molar-refractivity contribution in [1.29, 1.82) is 0 Å². The SMILES string of the molecule is COc1ccc(COC2=CCC(C(=O)NCCO)C(Cl)=C2OCc2ccc(OC)cc2)cc1. The third kappa shape index (κ3) is 6.66. The quantitative estimate of drug-likeness (QED) is 0.514. The Hall–Kier alpha value is -3.16. The highest BCUT2D eigenvalue weighted by atomic mass is 35.5. The van der Waals surface area contributed by atoms with Gasteiger partial charge in [0, 0.05) is 6.54 Å². The predicted molar refractivity (Wildman–Crippen MR) is 125 cm³/mol. The molecule has 1 atom stereocenters. The maximum atomic E-state index is 12.5. The lowest BCUT2D eigenvalue weighted by atomic mass is 9.97. The molecule has 0 radical (unpaired) electrons. The van der Waals surface area contributed by atoms with E-state index in [1.165, 1.54) is 0 Å². The lowest BCUT2D eigenvalue weighted by Crippen LogP contribution is -2.34. The molecule has 0 heterocycles. The Balaban J connectivity index is 1.75. The maximum absolute atomic E-state index is 12.5. The van der Waals surface area contributed by atoms with E-state index in [4.69, 9.17) is 35.7 Å². The Bertz CT molecular complexity index is 985. The molecule has 8 heteroatoms. The van der Waals surface area contributed by atoms with Gasteiger partial charge in [0.15, 0.2) is 11.5 Å². The van der Waals surface area contributed by atoms with Gasteiger partial charge in [-0.3, -0.25) is 4.79 Å². The standard InChI is InChI=1S/C25H28ClNO6/c1-30-19-7-3-17(4-8-19)15-32-22-12-11-21(25(29)27-13-14-28)23(26)24(22)33-16-18-5-9-20(31-2)10-6-18/h3-10,12,21,28H,11,13-16H2,1-2H3,(H,27,29). The molecule has 1 amide bonds. The molecular formula is C25H28ClNO6. The van der Waals surface area contributed by atoms with E-state index in [1.807, 2.05) is 54.6 Å². The number of aliphatic hydroxyl groups excluding tert-OH is 1. The van der Waals surface area contributed by atoms with Gasteiger partial charge in [0.1, 0.15) is 24.7 Å². The van der Waals surface area contributed by atoms with Gasteiger partial charge in [0.25, 0.3) is 0 Å². The summed E-state index contributed by atoms with van der Waals surface area (Å²) in [5.41, 5.74) is 1.86. The number of halogens is 1. The van der Waals surface area contributed by atoms with E-state index in [0.717, 1.165) is 22.6 Å². The predicted octanol–water partition coefficient (Wildman–Crippen LogP) is 3.90. The summed E-state index contributed by atoms with van der Waals surface area (Å²) in [7, 11) is 3.22. The van der Waals surface area contributed by atoms with E-state index in [1.54, 1.807) is 14.2 Å². The number of nitrogens with one attached hydrogen (secondary N) is 1. The third-order valence-electron chi connectivity index (χ3n) is 5.11. The lowest BCUT2D eigenvalue weighted by Gasteiger charge is -2.25. The van der Waals surface area contributed by atoms with Crippen molar-refractivity contribution in [3.05, 3.63) is 82.3 Å². The number of ether oxygens (including phenoxy) is 4. The van der Waals surface area contributed by atoms with Crippen molar-refractivity contribution in [3.8, 4) is 11.5 Å². The van der Waals surface area contributed by atoms with E-state index in [0.29, 0.717) is 24.5 Å². The lowest BCUT2D eigenvalue weighted by molar-refractivity contribution is -0.123. The van der Waals surface area contributed by atoms with Gasteiger partial charge in [0.2, 0.25) is 5.91 Å². The van der Waals surface area contributed by atoms with Crippen LogP contribution in [0.1, 0.15) is 17.5 Å². The molecule has 3 rings (SSSR count). The zero-order valence-electron chi connectivity index (χ0n) is 18.7. The molecule has 0 saturated carbocycles. The number of carbonyl (C=O) groups is 1. The van der Waals surface area contributed by atoms with Crippen LogP contribution in [0.2, 0.25) is 0 Å². The minimum absolute atomic E-state index is 0.146. The summed E-state index contributed by atoms with van der Waals surface area (Å²) in [4.78, 5) is 12.5. The van der Waals surface area contributed by atoms with E-state index in [2.05, 4.69) is 5.32 Å². The van der Waals surface area contributed by atoms with Crippen LogP contribution >= 0.6 is 11.6 Å². The summed E-state index contributed by atoms with van der Waals surface area (Å²) in [6, 6.07) is 15.0. The van der Waals surface area contributed by atoms with Crippen LogP contribution in [0.4, 0.5) is 0 Å². The normalized spacial score (nSPS) is 15.5. The van der Waals surface area contributed by atoms with Crippen LogP contribution in [0.5, 0.6) is 11.5 Å². The van der Waals surface area contributed by atoms with Gasteiger partial charge in [0.05, 0.1) is 31.8 Å². The van der Waals surface area contributed by atoms with E-state index in [-0.39, 0.29) is 30.7 Å². The number of hydrogen-bond acceptors (Lipinski definition) is 6. The summed E-state index contributed by atoms with van der Waals surface area (Å²) < 4.78 is 22.4. The average Bonchev–Trinajstić information content (AvgIpc) is 2.86. The number of aliphatic hydroxyl groups is 1. The second kappa shape index (κ2) is 12.2. The van der Waals surface area contributed by atoms with E-state index < -0.39 is 5.92 Å². The van der Waals surface area contributed by atoms with Gasteiger partial charge < -0.3 is 29.4 Å². The first-order chi connectivity index (χ1) is 16.0. The molecule has 7 nitrogen and oxygen atoms in total. The van der Waals surface area contributed by atoms with Crippen molar-refractivity contribution < 1.29 is 28.8 Å². The molecular weight excluding hydrogens is 446 g/mol. The summed E-state index contributed by atoms with van der Waals surface area (Å²) in [6.07, 6.45) is 2.17. The molecule has 2 aromatic carbocycles. The Morgan fingerprint density at radius 1 is 0.970 bits per heavy atom. The van der Waals surface area contributed by atoms with Crippen LogP contribution < -0.4 is 14.8 Å². The minimum atomic E-state index is -0.613. The fourth-order valence-corrected chi connectivity index (χ4v) is 3.58. The Kier molecular flexibility index (Phi) is 9.04. The smallest absolute Gasteiger partial charge is 0.229 e. The number of methoxy groups -OCH3 is 2. The zero-order chi connectivity index (χ0) is 23.6. The largest absolute Gasteiger partial charge is 0.497 e. The van der Waals surface area contributed by atoms with Crippen molar-refractivity contribution in [3.63, 3.8) is 0 Å². The zero-order valence-corrected chi connectivity index (χ0v) is 19.4. The van der Waals surface area contributed by atoms with Crippen molar-refractivity contribution in [2.45, 2.75) is 19.6 Å². The highest BCUT2D eigenvalue weighted by Crippen LogP contribution is 2.35. The van der Waals surface area contributed by atoms with Crippen molar-refractivity contribution in [1.82, 2.24) is 5.32 Å². The van der Waals surface area contributed by atoms with Crippen molar-refractivity contribution in [2.75, 3.05) is 27.4 Å². The van der Waals surface area contributed by atoms with Crippen LogP contribution in [-0.4, -0.2) is 38.4 Å². The molecule has 0 bridgehead atoms. The van der Waals surface area contributed by atoms with Crippen molar-refractivity contribution >= 4 is 17.5 Å². The second-order valence-electron chi connectivity index (χ2n) is 7.32. The van der Waals surface area contributed by atoms with Gasteiger partial charge in [-0.2, -0.15) is 0 Å². The first-order valence-corrected chi connectivity index (χ1v) is 10.9. The molecule has 0 spiro atoms. The van der Waals surface area contributed by atoms with Crippen LogP contribution in [-0.2, 0) is 27.5 Å². The molecule has 2 aromatic rings. The number of hydrogen-bond donors (Lipinski definition) is 2. The van der Waals surface area contributed by atoms with Crippen LogP contribution in [0.3, 0.4) is 0 Å². The molecule has 1 unspecified atom stereocenters. The number of amides is 1. The first-order valence-electron chi connectivity index (χ1n) is 10.6. The number of allylic oxidation sites excluding steroid dienone is 1. The van der Waals surface area contributed by atoms with Gasteiger partial charge in [-0.1, -0.05) is 35.9 Å². The molecule has 1 aliphatic rings. The Morgan fingerprint density at radius 2 is 1.52 bits per heavy atom. The van der Waals surface area contributed by atoms with Gasteiger partial charge >= 0.3 is 0 Å². The highest BCUT2D eigenvalue weighted by molar-refractivity contribution is 6.32. The summed E-state index contributed by atoms with van der Waals surface area (Å²) in [5.74, 6) is 1.44. The van der Waals surface area contributed by atoms with E-state index in [9.17, 15) is 4.79 Å². The van der Waals surface area contributed by atoms with E-state index >= 15 is 0 Å². The number of rotatable bonds is 11. The second-order valence-corrected chi connectivity index (χ2v) is 7.73. The average molecular weight is 474 g/mol. The van der Waals surface area contributed by atoms with Gasteiger partial charge in [-0.15, -0.1) is 0 Å². The van der Waals surface area contributed by atoms with Gasteiger partial charge in [-0.25, -0.2) is 0 Å². The van der Waals surface area contributed by atoms with Gasteiger partial charge in [-0.05, 0) is 47.9 Å². The summed E-state index contributed by atoms with van der Waals surface area (Å²) in [5, 5.41) is 11.9. The number of carbonyl (C=O) groups excluding carboxylic acids is 1. The molecule has 2 N–H and O–H groups in total. The summed E-state index contributed by atoms with van der Waals surface area (Å²) >= 11 is 6.63. The maximum Gasteiger partial charge on any atom is 0.229 e. The molecule has 0 aromatic heterocycles. The fraction of sp³-hybridized carbons (Fsp3) is 0.320. The Morgan fingerprint density at radius 3 is 2.03 bits per heavy atom. The molecule has 176 valence electrons. The monoisotopic (exact) mass is 473 g/mol. The van der Waals surface area contributed by atoms with Crippen molar-refractivity contribution in [2.24, 2.45) is 5.92 Å². The van der Waals surface area contributed by atoms with Crippen LogP contribution in [0.25, 0.3) is 0 Å². The Labute approximate surface area is 198 Å². The first kappa shape index (κ1) is 24.5. The molecule has 0 saturated heterocycles. The minimum Gasteiger partial charge on any atom is -0.497 e. The number of benzene rings is 2. The topological polar surface area (TPSA) is 86.3 Å². The molecule has 0 aliphatic heterocycles. The molecule has 0 fully saturated rings. The summed E-state index contributed by atoms with van der Waals surface area (Å²) in [6.45, 7) is 0.555. The third-order valence-corrected chi connectivity index (χ3v) is 5.54. The fourth-order valence-electron chi connectivity index (χ4n) is 3.25. The molecule has 1 aliphatic carbocycles. The molecule has 33 heavy (non-hydrogen) atoms. The highest BCUT2D eigenvalue weighted by Gasteiger charge is 2.31. The van der Waals surface area contributed by atoms with Crippen LogP contribution in [0.15, 0.2) is 71.2 Å².